The van der Waals surface area contributed by atoms with Crippen molar-refractivity contribution in [1.82, 2.24) is 0 Å². The van der Waals surface area contributed by atoms with Crippen LogP contribution in [0.15, 0.2) is 12.1 Å². The molecule has 0 saturated carbocycles. The van der Waals surface area contributed by atoms with Crippen LogP contribution in [-0.2, 0) is 5.41 Å². The number of rotatable bonds is 2. The molecule has 0 bridgehead atoms. The van der Waals surface area contributed by atoms with E-state index < -0.39 is 28.4 Å². The lowest BCUT2D eigenvalue weighted by molar-refractivity contribution is 0.477. The third-order valence-corrected chi connectivity index (χ3v) is 2.24. The minimum absolute atomic E-state index is 0.372. The SMILES string of the molecule is CC(C#N)(CC#N)c1c(F)cc(F)cc1F. The predicted molar refractivity (Wildman–Crippen MR) is 49.5 cm³/mol. The molecule has 0 N–H and O–H groups in total. The van der Waals surface area contributed by atoms with Gasteiger partial charge in [-0.25, -0.2) is 13.2 Å². The largest absolute Gasteiger partial charge is 0.207 e. The van der Waals surface area contributed by atoms with Gasteiger partial charge in [0.05, 0.1) is 24.0 Å². The van der Waals surface area contributed by atoms with Crippen molar-refractivity contribution in [2.45, 2.75) is 18.8 Å². The summed E-state index contributed by atoms with van der Waals surface area (Å²) in [5, 5.41) is 17.4. The Bertz CT molecular complexity index is 476. The Kier molecular flexibility index (Phi) is 3.20. The fourth-order valence-corrected chi connectivity index (χ4v) is 1.41. The summed E-state index contributed by atoms with van der Waals surface area (Å²) in [5.74, 6) is -3.37. The van der Waals surface area contributed by atoms with Crippen molar-refractivity contribution in [3.63, 3.8) is 0 Å². The van der Waals surface area contributed by atoms with Gasteiger partial charge in [0.1, 0.15) is 17.5 Å². The Hall–Kier alpha value is -2.01. The van der Waals surface area contributed by atoms with E-state index in [1.54, 1.807) is 12.1 Å². The highest BCUT2D eigenvalue weighted by Gasteiger charge is 2.33. The van der Waals surface area contributed by atoms with Crippen molar-refractivity contribution in [2.75, 3.05) is 0 Å². The highest BCUT2D eigenvalue weighted by atomic mass is 19.1. The van der Waals surface area contributed by atoms with Crippen molar-refractivity contribution in [2.24, 2.45) is 0 Å². The summed E-state index contributed by atoms with van der Waals surface area (Å²) in [5.41, 5.74) is -2.19. The molecule has 0 aliphatic rings. The van der Waals surface area contributed by atoms with Crippen LogP contribution in [0.1, 0.15) is 18.9 Å². The van der Waals surface area contributed by atoms with Gasteiger partial charge in [-0.15, -0.1) is 0 Å². The van der Waals surface area contributed by atoms with Crippen LogP contribution in [-0.4, -0.2) is 0 Å². The lowest BCUT2D eigenvalue weighted by atomic mass is 9.81. The van der Waals surface area contributed by atoms with Gasteiger partial charge in [0.15, 0.2) is 0 Å². The van der Waals surface area contributed by atoms with Gasteiger partial charge in [-0.2, -0.15) is 10.5 Å². The molecule has 0 radical (unpaired) electrons. The average Bonchev–Trinajstić information content (AvgIpc) is 2.16. The third kappa shape index (κ3) is 1.99. The fourth-order valence-electron chi connectivity index (χ4n) is 1.41. The fraction of sp³-hybridized carbons (Fsp3) is 0.273. The Labute approximate surface area is 90.5 Å². The zero-order chi connectivity index (χ0) is 12.3. The van der Waals surface area contributed by atoms with Crippen LogP contribution in [0.2, 0.25) is 0 Å². The van der Waals surface area contributed by atoms with E-state index in [1.165, 1.54) is 6.92 Å². The second kappa shape index (κ2) is 4.24. The molecule has 0 amide bonds. The zero-order valence-electron chi connectivity index (χ0n) is 8.39. The third-order valence-electron chi connectivity index (χ3n) is 2.24. The van der Waals surface area contributed by atoms with Crippen LogP contribution < -0.4 is 0 Å². The lowest BCUT2D eigenvalue weighted by Gasteiger charge is -2.19. The monoisotopic (exact) mass is 224 g/mol. The molecule has 1 atom stereocenters. The molecule has 0 aliphatic heterocycles. The maximum Gasteiger partial charge on any atom is 0.133 e. The van der Waals surface area contributed by atoms with Crippen molar-refractivity contribution in [1.29, 1.82) is 10.5 Å². The molecule has 1 aromatic rings. The summed E-state index contributed by atoms with van der Waals surface area (Å²) in [6, 6.07) is 4.33. The predicted octanol–water partition coefficient (Wildman–Crippen LogP) is 2.80. The smallest absolute Gasteiger partial charge is 0.133 e. The second-order valence-electron chi connectivity index (χ2n) is 3.52. The Morgan fingerprint density at radius 1 is 1.19 bits per heavy atom. The summed E-state index contributed by atoms with van der Waals surface area (Å²) >= 11 is 0. The maximum absolute atomic E-state index is 13.4. The Morgan fingerprint density at radius 3 is 2.06 bits per heavy atom. The first kappa shape index (κ1) is 12.1. The van der Waals surface area contributed by atoms with Gasteiger partial charge in [-0.05, 0) is 6.92 Å². The van der Waals surface area contributed by atoms with E-state index in [4.69, 9.17) is 10.5 Å². The summed E-state index contributed by atoms with van der Waals surface area (Å²) in [7, 11) is 0. The maximum atomic E-state index is 13.4. The molecule has 0 heterocycles. The summed E-state index contributed by atoms with van der Waals surface area (Å²) in [6.07, 6.45) is -0.372. The van der Waals surface area contributed by atoms with Gasteiger partial charge in [0.25, 0.3) is 0 Å². The van der Waals surface area contributed by atoms with Crippen LogP contribution in [0.25, 0.3) is 0 Å². The van der Waals surface area contributed by atoms with Crippen LogP contribution >= 0.6 is 0 Å². The number of nitriles is 2. The number of hydrogen-bond donors (Lipinski definition) is 0. The number of halogens is 3. The van der Waals surface area contributed by atoms with Gasteiger partial charge in [-0.3, -0.25) is 0 Å². The molecule has 0 aromatic heterocycles. The van der Waals surface area contributed by atoms with Gasteiger partial charge in [0, 0.05) is 17.7 Å². The normalized spacial score (nSPS) is 13.6. The number of nitrogens with zero attached hydrogens (tertiary/aromatic N) is 2. The average molecular weight is 224 g/mol. The molecular weight excluding hydrogens is 217 g/mol. The minimum Gasteiger partial charge on any atom is -0.207 e. The van der Waals surface area contributed by atoms with E-state index in [1.807, 2.05) is 0 Å². The second-order valence-corrected chi connectivity index (χ2v) is 3.52. The molecule has 2 nitrogen and oxygen atoms in total. The summed E-state index contributed by atoms with van der Waals surface area (Å²) in [4.78, 5) is 0. The molecule has 1 unspecified atom stereocenters. The Balaban J connectivity index is 3.45. The first-order chi connectivity index (χ1) is 7.44. The minimum atomic E-state index is -1.61. The van der Waals surface area contributed by atoms with E-state index in [0.717, 1.165) is 0 Å². The van der Waals surface area contributed by atoms with Crippen LogP contribution in [0.3, 0.4) is 0 Å². The number of hydrogen-bond acceptors (Lipinski definition) is 2. The molecule has 1 aromatic carbocycles. The molecule has 82 valence electrons. The highest BCUT2D eigenvalue weighted by Crippen LogP contribution is 2.31. The number of benzene rings is 1. The molecule has 0 saturated heterocycles. The molecule has 0 fully saturated rings. The van der Waals surface area contributed by atoms with Crippen molar-refractivity contribution in [3.05, 3.63) is 35.1 Å². The Morgan fingerprint density at radius 2 is 1.69 bits per heavy atom. The van der Waals surface area contributed by atoms with Gasteiger partial charge in [0.2, 0.25) is 0 Å². The molecular formula is C11H7F3N2. The van der Waals surface area contributed by atoms with Crippen LogP contribution in [0.4, 0.5) is 13.2 Å². The first-order valence-corrected chi connectivity index (χ1v) is 4.38. The molecule has 1 rings (SSSR count). The summed E-state index contributed by atoms with van der Waals surface area (Å²) < 4.78 is 39.4. The van der Waals surface area contributed by atoms with Crippen molar-refractivity contribution in [3.8, 4) is 12.1 Å². The summed E-state index contributed by atoms with van der Waals surface area (Å²) in [6.45, 7) is 1.23. The van der Waals surface area contributed by atoms with Crippen LogP contribution in [0, 0.1) is 40.1 Å². The lowest BCUT2D eigenvalue weighted by Crippen LogP contribution is -2.22. The molecule has 16 heavy (non-hydrogen) atoms. The zero-order valence-corrected chi connectivity index (χ0v) is 8.39. The van der Waals surface area contributed by atoms with E-state index in [2.05, 4.69) is 0 Å². The van der Waals surface area contributed by atoms with Crippen molar-refractivity contribution < 1.29 is 13.2 Å². The molecule has 0 aliphatic carbocycles. The molecule has 5 heteroatoms. The highest BCUT2D eigenvalue weighted by molar-refractivity contribution is 5.35. The van der Waals surface area contributed by atoms with E-state index in [-0.39, 0.29) is 6.42 Å². The molecule has 0 spiro atoms. The van der Waals surface area contributed by atoms with Crippen molar-refractivity contribution >= 4 is 0 Å². The van der Waals surface area contributed by atoms with Gasteiger partial charge < -0.3 is 0 Å². The van der Waals surface area contributed by atoms with Gasteiger partial charge >= 0.3 is 0 Å². The van der Waals surface area contributed by atoms with Gasteiger partial charge in [-0.1, -0.05) is 0 Å². The van der Waals surface area contributed by atoms with Crippen LogP contribution in [0.5, 0.6) is 0 Å². The van der Waals surface area contributed by atoms with E-state index in [0.29, 0.717) is 12.1 Å². The first-order valence-electron chi connectivity index (χ1n) is 4.38. The topological polar surface area (TPSA) is 47.6 Å². The van der Waals surface area contributed by atoms with E-state index >= 15 is 0 Å². The standard InChI is InChI=1S/C11H7F3N2/c1-11(6-16,2-3-15)10-8(13)4-7(12)5-9(10)14/h4-5H,2H2,1H3. The van der Waals surface area contributed by atoms with E-state index in [9.17, 15) is 13.2 Å². The quantitative estimate of drug-likeness (QED) is 0.775.